The zero-order valence-electron chi connectivity index (χ0n) is 13.0. The second-order valence-corrected chi connectivity index (χ2v) is 4.73. The van der Waals surface area contributed by atoms with Gasteiger partial charge in [0.05, 0.1) is 13.2 Å². The fourth-order valence-electron chi connectivity index (χ4n) is 1.84. The number of benzene rings is 1. The van der Waals surface area contributed by atoms with E-state index in [1.54, 1.807) is 0 Å². The summed E-state index contributed by atoms with van der Waals surface area (Å²) < 4.78 is 11.0. The largest absolute Gasteiger partial charge is 0.494 e. The van der Waals surface area contributed by atoms with Crippen LogP contribution in [0.15, 0.2) is 30.6 Å². The molecule has 0 aliphatic heterocycles. The highest BCUT2D eigenvalue weighted by Crippen LogP contribution is 2.28. The average Bonchev–Trinajstić information content (AvgIpc) is 2.53. The molecule has 0 unspecified atom stereocenters. The fraction of sp³-hybridized carbons (Fsp3) is 0.375. The maximum Gasteiger partial charge on any atom is 0.242 e. The van der Waals surface area contributed by atoms with E-state index >= 15 is 0 Å². The van der Waals surface area contributed by atoms with Crippen LogP contribution < -0.4 is 20.5 Å². The molecule has 1 heterocycles. The second-order valence-electron chi connectivity index (χ2n) is 4.73. The van der Waals surface area contributed by atoms with E-state index in [-0.39, 0.29) is 0 Å². The van der Waals surface area contributed by atoms with Crippen molar-refractivity contribution in [2.75, 3.05) is 24.3 Å². The quantitative estimate of drug-likeness (QED) is 0.727. The maximum atomic E-state index is 5.99. The molecule has 22 heavy (non-hydrogen) atoms. The first-order valence-electron chi connectivity index (χ1n) is 7.47. The first-order chi connectivity index (χ1) is 10.7. The Kier molecular flexibility index (Phi) is 5.82. The van der Waals surface area contributed by atoms with Crippen molar-refractivity contribution in [1.82, 2.24) is 9.97 Å². The van der Waals surface area contributed by atoms with Crippen LogP contribution in [-0.2, 0) is 0 Å². The van der Waals surface area contributed by atoms with Crippen molar-refractivity contribution < 1.29 is 9.47 Å². The smallest absolute Gasteiger partial charge is 0.242 e. The Bertz CT molecular complexity index is 587. The number of rotatable bonds is 8. The zero-order chi connectivity index (χ0) is 15.8. The van der Waals surface area contributed by atoms with E-state index in [2.05, 4.69) is 22.2 Å². The van der Waals surface area contributed by atoms with Crippen LogP contribution in [0.1, 0.15) is 26.7 Å². The van der Waals surface area contributed by atoms with E-state index in [0.29, 0.717) is 24.0 Å². The van der Waals surface area contributed by atoms with Gasteiger partial charge in [-0.2, -0.15) is 4.98 Å². The van der Waals surface area contributed by atoms with Gasteiger partial charge in [-0.3, -0.25) is 0 Å². The lowest BCUT2D eigenvalue weighted by molar-refractivity contribution is 0.309. The summed E-state index contributed by atoms with van der Waals surface area (Å²) in [5.41, 5.74) is 7.26. The molecule has 0 radical (unpaired) electrons. The van der Waals surface area contributed by atoms with Crippen molar-refractivity contribution in [3.63, 3.8) is 0 Å². The van der Waals surface area contributed by atoms with E-state index in [0.717, 1.165) is 30.9 Å². The predicted octanol–water partition coefficient (Wildman–Crippen LogP) is 3.38. The number of nitrogens with two attached hydrogens (primary N) is 1. The molecule has 0 saturated carbocycles. The topological polar surface area (TPSA) is 82.3 Å². The monoisotopic (exact) mass is 302 g/mol. The molecule has 6 nitrogen and oxygen atoms in total. The van der Waals surface area contributed by atoms with Gasteiger partial charge in [-0.15, -0.1) is 0 Å². The second kappa shape index (κ2) is 8.07. The Hall–Kier alpha value is -2.50. The van der Waals surface area contributed by atoms with Gasteiger partial charge < -0.3 is 20.5 Å². The molecule has 2 rings (SSSR count). The molecule has 1 aromatic carbocycles. The highest BCUT2D eigenvalue weighted by molar-refractivity contribution is 5.72. The molecule has 3 N–H and O–H groups in total. The highest BCUT2D eigenvalue weighted by Gasteiger charge is 2.09. The molecule has 1 aromatic heterocycles. The van der Waals surface area contributed by atoms with Crippen molar-refractivity contribution >= 4 is 17.2 Å². The molecule has 0 fully saturated rings. The van der Waals surface area contributed by atoms with Gasteiger partial charge in [0, 0.05) is 5.69 Å². The molecule has 0 bridgehead atoms. The highest BCUT2D eigenvalue weighted by atomic mass is 16.5. The predicted molar refractivity (Wildman–Crippen MR) is 87.7 cm³/mol. The summed E-state index contributed by atoms with van der Waals surface area (Å²) in [5, 5.41) is 3.15. The number of nitrogens with zero attached hydrogens (tertiary/aromatic N) is 2. The molecular weight excluding hydrogens is 280 g/mol. The summed E-state index contributed by atoms with van der Waals surface area (Å²) in [6, 6.07) is 7.67. The summed E-state index contributed by atoms with van der Waals surface area (Å²) in [6.07, 6.45) is 3.60. The molecule has 118 valence electrons. The zero-order valence-corrected chi connectivity index (χ0v) is 13.0. The Morgan fingerprint density at radius 1 is 1.09 bits per heavy atom. The first kappa shape index (κ1) is 15.9. The van der Waals surface area contributed by atoms with Gasteiger partial charge in [0.1, 0.15) is 17.8 Å². The third kappa shape index (κ3) is 4.25. The number of nitrogen functional groups attached to an aromatic ring is 1. The van der Waals surface area contributed by atoms with Crippen molar-refractivity contribution in [2.24, 2.45) is 0 Å². The van der Waals surface area contributed by atoms with E-state index in [9.17, 15) is 0 Å². The van der Waals surface area contributed by atoms with E-state index in [1.165, 1.54) is 6.33 Å². The summed E-state index contributed by atoms with van der Waals surface area (Å²) in [5.74, 6) is 1.77. The summed E-state index contributed by atoms with van der Waals surface area (Å²) in [7, 11) is 0. The Balaban J connectivity index is 2.03. The van der Waals surface area contributed by atoms with Crippen LogP contribution in [0.2, 0.25) is 0 Å². The molecule has 0 amide bonds. The Morgan fingerprint density at radius 3 is 2.55 bits per heavy atom. The number of unbranched alkanes of at least 4 members (excludes halogenated alkanes) is 1. The van der Waals surface area contributed by atoms with Gasteiger partial charge in [0.15, 0.2) is 5.82 Å². The minimum absolute atomic E-state index is 0.388. The van der Waals surface area contributed by atoms with Gasteiger partial charge in [-0.1, -0.05) is 13.3 Å². The number of hydrogen-bond acceptors (Lipinski definition) is 6. The van der Waals surface area contributed by atoms with Crippen LogP contribution in [0, 0.1) is 0 Å². The number of aromatic nitrogens is 2. The Labute approximate surface area is 130 Å². The number of anilines is 3. The van der Waals surface area contributed by atoms with E-state index in [4.69, 9.17) is 15.2 Å². The standard InChI is InChI=1S/C16H22N4O2/c1-3-5-10-22-13-8-6-12(7-9-13)20-15-14(17)16(21-4-2)19-11-18-15/h6-9,11H,3-5,10,17H2,1-2H3,(H,18,19,20). The van der Waals surface area contributed by atoms with Crippen LogP contribution in [0.4, 0.5) is 17.2 Å². The fourth-order valence-corrected chi connectivity index (χ4v) is 1.84. The van der Waals surface area contributed by atoms with Gasteiger partial charge in [-0.25, -0.2) is 4.98 Å². The molecule has 2 aromatic rings. The number of ether oxygens (including phenoxy) is 2. The molecule has 0 atom stereocenters. The molecule has 0 aliphatic carbocycles. The lowest BCUT2D eigenvalue weighted by Gasteiger charge is -2.11. The SMILES string of the molecule is CCCCOc1ccc(Nc2ncnc(OCC)c2N)cc1. The lowest BCUT2D eigenvalue weighted by atomic mass is 10.3. The van der Waals surface area contributed by atoms with Gasteiger partial charge in [0.2, 0.25) is 5.88 Å². The molecule has 0 spiro atoms. The van der Waals surface area contributed by atoms with Crippen LogP contribution in [0.5, 0.6) is 11.6 Å². The minimum atomic E-state index is 0.388. The van der Waals surface area contributed by atoms with Crippen molar-refractivity contribution in [2.45, 2.75) is 26.7 Å². The van der Waals surface area contributed by atoms with Gasteiger partial charge in [-0.05, 0) is 37.6 Å². The molecule has 0 aliphatic rings. The third-order valence-corrected chi connectivity index (χ3v) is 3.01. The van der Waals surface area contributed by atoms with Gasteiger partial charge >= 0.3 is 0 Å². The third-order valence-electron chi connectivity index (χ3n) is 3.01. The van der Waals surface area contributed by atoms with E-state index in [1.807, 2.05) is 31.2 Å². The van der Waals surface area contributed by atoms with Crippen LogP contribution >= 0.6 is 0 Å². The minimum Gasteiger partial charge on any atom is -0.494 e. The maximum absolute atomic E-state index is 5.99. The number of nitrogens with one attached hydrogen (secondary N) is 1. The lowest BCUT2D eigenvalue weighted by Crippen LogP contribution is -2.05. The summed E-state index contributed by atoms with van der Waals surface area (Å²) in [6.45, 7) is 5.26. The van der Waals surface area contributed by atoms with Gasteiger partial charge in [0.25, 0.3) is 0 Å². The normalized spacial score (nSPS) is 10.3. The van der Waals surface area contributed by atoms with E-state index < -0.39 is 0 Å². The van der Waals surface area contributed by atoms with Crippen LogP contribution in [0.3, 0.4) is 0 Å². The molecule has 0 saturated heterocycles. The summed E-state index contributed by atoms with van der Waals surface area (Å²) >= 11 is 0. The average molecular weight is 302 g/mol. The number of hydrogen-bond donors (Lipinski definition) is 2. The van der Waals surface area contributed by atoms with Crippen molar-refractivity contribution in [1.29, 1.82) is 0 Å². The first-order valence-corrected chi connectivity index (χ1v) is 7.47. The van der Waals surface area contributed by atoms with Crippen molar-refractivity contribution in [3.05, 3.63) is 30.6 Å². The summed E-state index contributed by atoms with van der Waals surface area (Å²) in [4.78, 5) is 8.15. The van der Waals surface area contributed by atoms with Crippen LogP contribution in [0.25, 0.3) is 0 Å². The van der Waals surface area contributed by atoms with Crippen molar-refractivity contribution in [3.8, 4) is 11.6 Å². The Morgan fingerprint density at radius 2 is 1.86 bits per heavy atom. The molecular formula is C16H22N4O2. The van der Waals surface area contributed by atoms with Crippen LogP contribution in [-0.4, -0.2) is 23.2 Å². The molecule has 6 heteroatoms.